The van der Waals surface area contributed by atoms with Gasteiger partial charge in [-0.3, -0.25) is 4.79 Å². The standard InChI is InChI=1S/C23H23ClN4O3/c1-3-22(29)28-9-7-17(8-10-28)31-21-12-18-19(13-20(21)30-2)25-14-26-23(18)27-16-6-4-5-15(24)11-16/h3-6,11-14,17H,1,7-10H2,2H3,(H,25,26,27). The molecule has 1 aromatic heterocycles. The van der Waals surface area contributed by atoms with Gasteiger partial charge in [0.25, 0.3) is 0 Å². The molecule has 0 aliphatic carbocycles. The molecule has 1 aliphatic heterocycles. The van der Waals surface area contributed by atoms with Crippen LogP contribution in [0.5, 0.6) is 11.5 Å². The summed E-state index contributed by atoms with van der Waals surface area (Å²) in [5.74, 6) is 1.82. The van der Waals surface area contributed by atoms with Crippen molar-refractivity contribution in [2.45, 2.75) is 18.9 Å². The molecular formula is C23H23ClN4O3. The number of carbonyl (C=O) groups excluding carboxylic acids is 1. The first kappa shape index (κ1) is 20.9. The number of rotatable bonds is 6. The monoisotopic (exact) mass is 438 g/mol. The first-order chi connectivity index (χ1) is 15.1. The van der Waals surface area contributed by atoms with E-state index in [4.69, 9.17) is 21.1 Å². The number of piperidine rings is 1. The second-order valence-electron chi connectivity index (χ2n) is 7.22. The Labute approximate surface area is 185 Å². The van der Waals surface area contributed by atoms with E-state index < -0.39 is 0 Å². The van der Waals surface area contributed by atoms with Gasteiger partial charge in [0, 0.05) is 48.1 Å². The van der Waals surface area contributed by atoms with Crippen molar-refractivity contribution in [1.82, 2.24) is 14.9 Å². The molecule has 1 aliphatic rings. The van der Waals surface area contributed by atoms with Crippen molar-refractivity contribution in [2.24, 2.45) is 0 Å². The Hall–Kier alpha value is -3.32. The molecule has 0 atom stereocenters. The zero-order valence-corrected chi connectivity index (χ0v) is 17.9. The van der Waals surface area contributed by atoms with Crippen molar-refractivity contribution in [1.29, 1.82) is 0 Å². The summed E-state index contributed by atoms with van der Waals surface area (Å²) in [4.78, 5) is 22.4. The lowest BCUT2D eigenvalue weighted by Gasteiger charge is -2.31. The molecule has 0 radical (unpaired) electrons. The number of amides is 1. The van der Waals surface area contributed by atoms with E-state index in [0.29, 0.717) is 35.4 Å². The SMILES string of the molecule is C=CC(=O)N1CCC(Oc2cc3c(Nc4cccc(Cl)c4)ncnc3cc2OC)CC1. The van der Waals surface area contributed by atoms with E-state index in [0.717, 1.165) is 29.4 Å². The van der Waals surface area contributed by atoms with E-state index in [2.05, 4.69) is 21.9 Å². The zero-order valence-electron chi connectivity index (χ0n) is 17.2. The summed E-state index contributed by atoms with van der Waals surface area (Å²) in [7, 11) is 1.60. The van der Waals surface area contributed by atoms with Crippen LogP contribution in [0.4, 0.5) is 11.5 Å². The summed E-state index contributed by atoms with van der Waals surface area (Å²) in [5.41, 5.74) is 1.56. The van der Waals surface area contributed by atoms with Crippen LogP contribution in [-0.4, -0.2) is 47.1 Å². The molecule has 1 amide bonds. The minimum Gasteiger partial charge on any atom is -0.493 e. The number of nitrogens with zero attached hydrogens (tertiary/aromatic N) is 3. The van der Waals surface area contributed by atoms with Crippen molar-refractivity contribution < 1.29 is 14.3 Å². The highest BCUT2D eigenvalue weighted by Crippen LogP contribution is 2.36. The first-order valence-electron chi connectivity index (χ1n) is 10.0. The predicted molar refractivity (Wildman–Crippen MR) is 121 cm³/mol. The lowest BCUT2D eigenvalue weighted by Crippen LogP contribution is -2.41. The number of methoxy groups -OCH3 is 1. The summed E-state index contributed by atoms with van der Waals surface area (Å²) in [5, 5.41) is 4.73. The molecule has 8 heteroatoms. The molecule has 1 saturated heterocycles. The fraction of sp³-hybridized carbons (Fsp3) is 0.261. The number of fused-ring (bicyclic) bond motifs is 1. The van der Waals surface area contributed by atoms with Crippen LogP contribution >= 0.6 is 11.6 Å². The van der Waals surface area contributed by atoms with E-state index in [9.17, 15) is 4.79 Å². The number of anilines is 2. The number of likely N-dealkylation sites (tertiary alicyclic amines) is 1. The van der Waals surface area contributed by atoms with Gasteiger partial charge in [0.1, 0.15) is 18.2 Å². The van der Waals surface area contributed by atoms with E-state index in [1.165, 1.54) is 12.4 Å². The summed E-state index contributed by atoms with van der Waals surface area (Å²) < 4.78 is 11.8. The Balaban J connectivity index is 1.60. The predicted octanol–water partition coefficient (Wildman–Crippen LogP) is 4.59. The van der Waals surface area contributed by atoms with Crippen LogP contribution in [0, 0.1) is 0 Å². The maximum atomic E-state index is 11.8. The molecule has 31 heavy (non-hydrogen) atoms. The normalized spacial score (nSPS) is 14.3. The molecule has 2 heterocycles. The molecule has 160 valence electrons. The highest BCUT2D eigenvalue weighted by molar-refractivity contribution is 6.30. The fourth-order valence-corrected chi connectivity index (χ4v) is 3.81. The Kier molecular flexibility index (Phi) is 6.23. The second-order valence-corrected chi connectivity index (χ2v) is 7.66. The molecular weight excluding hydrogens is 416 g/mol. The zero-order chi connectivity index (χ0) is 21.8. The van der Waals surface area contributed by atoms with Gasteiger partial charge in [0.15, 0.2) is 11.5 Å². The number of hydrogen-bond acceptors (Lipinski definition) is 6. The summed E-state index contributed by atoms with van der Waals surface area (Å²) in [6, 6.07) is 11.2. The van der Waals surface area contributed by atoms with Crippen molar-refractivity contribution >= 4 is 39.9 Å². The van der Waals surface area contributed by atoms with Gasteiger partial charge in [-0.2, -0.15) is 0 Å². The first-order valence-corrected chi connectivity index (χ1v) is 10.4. The number of hydrogen-bond donors (Lipinski definition) is 1. The average Bonchev–Trinajstić information content (AvgIpc) is 2.79. The third-order valence-electron chi connectivity index (χ3n) is 5.23. The number of aromatic nitrogens is 2. The van der Waals surface area contributed by atoms with Gasteiger partial charge in [-0.1, -0.05) is 24.2 Å². The molecule has 0 unspecified atom stereocenters. The van der Waals surface area contributed by atoms with Gasteiger partial charge >= 0.3 is 0 Å². The van der Waals surface area contributed by atoms with E-state index in [1.54, 1.807) is 12.0 Å². The summed E-state index contributed by atoms with van der Waals surface area (Å²) >= 11 is 6.10. The second kappa shape index (κ2) is 9.22. The molecule has 0 saturated carbocycles. The summed E-state index contributed by atoms with van der Waals surface area (Å²) in [6.45, 7) is 4.82. The van der Waals surface area contributed by atoms with E-state index in [-0.39, 0.29) is 12.0 Å². The Morgan fingerprint density at radius 1 is 1.23 bits per heavy atom. The number of ether oxygens (including phenoxy) is 2. The number of nitrogens with one attached hydrogen (secondary N) is 1. The van der Waals surface area contributed by atoms with Gasteiger partial charge in [-0.15, -0.1) is 0 Å². The van der Waals surface area contributed by atoms with Crippen LogP contribution in [0.3, 0.4) is 0 Å². The van der Waals surface area contributed by atoms with Crippen LogP contribution in [0.25, 0.3) is 10.9 Å². The quantitative estimate of drug-likeness (QED) is 0.567. The van der Waals surface area contributed by atoms with Crippen LogP contribution in [0.2, 0.25) is 5.02 Å². The van der Waals surface area contributed by atoms with Crippen molar-refractivity contribution in [3.05, 3.63) is 60.4 Å². The Bertz CT molecular complexity index is 1110. The molecule has 0 spiro atoms. The third-order valence-corrected chi connectivity index (χ3v) is 5.47. The van der Waals surface area contributed by atoms with Crippen molar-refractivity contribution in [2.75, 3.05) is 25.5 Å². The maximum absolute atomic E-state index is 11.8. The Morgan fingerprint density at radius 3 is 2.74 bits per heavy atom. The third kappa shape index (κ3) is 4.72. The van der Waals surface area contributed by atoms with Gasteiger partial charge in [0.2, 0.25) is 5.91 Å². The molecule has 1 N–H and O–H groups in total. The largest absolute Gasteiger partial charge is 0.493 e. The molecule has 2 aromatic carbocycles. The summed E-state index contributed by atoms with van der Waals surface area (Å²) in [6.07, 6.45) is 4.30. The maximum Gasteiger partial charge on any atom is 0.245 e. The highest BCUT2D eigenvalue weighted by atomic mass is 35.5. The van der Waals surface area contributed by atoms with Crippen molar-refractivity contribution in [3.8, 4) is 11.5 Å². The lowest BCUT2D eigenvalue weighted by atomic mass is 10.1. The number of benzene rings is 2. The molecule has 7 nitrogen and oxygen atoms in total. The van der Waals surface area contributed by atoms with Gasteiger partial charge in [-0.05, 0) is 30.3 Å². The Morgan fingerprint density at radius 2 is 2.03 bits per heavy atom. The molecule has 0 bridgehead atoms. The minimum atomic E-state index is -0.0457. The minimum absolute atomic E-state index is 0.0193. The van der Waals surface area contributed by atoms with Gasteiger partial charge < -0.3 is 19.7 Å². The molecule has 3 aromatic rings. The fourth-order valence-electron chi connectivity index (χ4n) is 3.62. The van der Waals surface area contributed by atoms with Crippen LogP contribution in [0.15, 0.2) is 55.4 Å². The average molecular weight is 439 g/mol. The lowest BCUT2D eigenvalue weighted by molar-refractivity contribution is -0.127. The van der Waals surface area contributed by atoms with Gasteiger partial charge in [0.05, 0.1) is 12.6 Å². The molecule has 4 rings (SSSR count). The van der Waals surface area contributed by atoms with Gasteiger partial charge in [-0.25, -0.2) is 9.97 Å². The number of halogens is 1. The number of carbonyl (C=O) groups is 1. The van der Waals surface area contributed by atoms with E-state index >= 15 is 0 Å². The smallest absolute Gasteiger partial charge is 0.245 e. The molecule has 1 fully saturated rings. The highest BCUT2D eigenvalue weighted by Gasteiger charge is 2.24. The van der Waals surface area contributed by atoms with Crippen molar-refractivity contribution in [3.63, 3.8) is 0 Å². The van der Waals surface area contributed by atoms with E-state index in [1.807, 2.05) is 36.4 Å². The van der Waals surface area contributed by atoms with Crippen LogP contribution in [0.1, 0.15) is 12.8 Å². The topological polar surface area (TPSA) is 76.6 Å². The van der Waals surface area contributed by atoms with Crippen LogP contribution in [-0.2, 0) is 4.79 Å². The van der Waals surface area contributed by atoms with Crippen LogP contribution < -0.4 is 14.8 Å².